The first-order valence-corrected chi connectivity index (χ1v) is 10.2. The fraction of sp³-hybridized carbons (Fsp3) is 0.261. The Kier molecular flexibility index (Phi) is 5.98. The Labute approximate surface area is 183 Å². The van der Waals surface area contributed by atoms with Crippen LogP contribution in [0.3, 0.4) is 0 Å². The Morgan fingerprint density at radius 2 is 1.88 bits per heavy atom. The zero-order valence-electron chi connectivity index (χ0n) is 17.8. The maximum absolute atomic E-state index is 12.2. The number of hydrogen-bond acceptors (Lipinski definition) is 9. The highest BCUT2D eigenvalue weighted by Gasteiger charge is 2.24. The van der Waals surface area contributed by atoms with Gasteiger partial charge in [0.25, 0.3) is 0 Å². The average Bonchev–Trinajstić information content (AvgIpc) is 3.12. The molecule has 3 aromatic heterocycles. The number of carbonyl (C=O) groups excluding carboxylic acids is 2. The molecule has 0 radical (unpaired) electrons. The van der Waals surface area contributed by atoms with Gasteiger partial charge < -0.3 is 19.6 Å². The van der Waals surface area contributed by atoms with Gasteiger partial charge in [0.05, 0.1) is 23.9 Å². The number of ether oxygens (including phenoxy) is 2. The molecule has 9 nitrogen and oxygen atoms in total. The summed E-state index contributed by atoms with van der Waals surface area (Å²) in [5, 5.41) is 1.33. The molecule has 3 heterocycles. The van der Waals surface area contributed by atoms with Crippen molar-refractivity contribution in [2.45, 2.75) is 33.3 Å². The van der Waals surface area contributed by atoms with Crippen LogP contribution < -0.4 is 5.73 Å². The molecule has 0 aliphatic heterocycles. The van der Waals surface area contributed by atoms with E-state index < -0.39 is 11.9 Å². The van der Waals surface area contributed by atoms with E-state index in [1.54, 1.807) is 13.8 Å². The van der Waals surface area contributed by atoms with Crippen LogP contribution in [-0.4, -0.2) is 33.5 Å². The number of furan rings is 1. The predicted octanol–water partition coefficient (Wildman–Crippen LogP) is 3.51. The summed E-state index contributed by atoms with van der Waals surface area (Å²) in [6, 6.07) is 11.7. The summed E-state index contributed by atoms with van der Waals surface area (Å²) in [7, 11) is 0. The van der Waals surface area contributed by atoms with E-state index in [1.165, 1.54) is 0 Å². The van der Waals surface area contributed by atoms with Gasteiger partial charge in [0, 0.05) is 17.5 Å². The zero-order valence-corrected chi connectivity index (χ0v) is 17.8. The van der Waals surface area contributed by atoms with Crippen molar-refractivity contribution in [3.63, 3.8) is 0 Å². The number of carbonyl (C=O) groups is 2. The van der Waals surface area contributed by atoms with Gasteiger partial charge >= 0.3 is 11.9 Å². The summed E-state index contributed by atoms with van der Waals surface area (Å²) in [6.07, 6.45) is 0.613. The van der Waals surface area contributed by atoms with Crippen molar-refractivity contribution in [1.29, 1.82) is 0 Å². The number of benzene rings is 1. The minimum Gasteiger partial charge on any atom is -0.462 e. The molecule has 0 saturated heterocycles. The molecule has 0 aliphatic rings. The molecule has 9 heteroatoms. The van der Waals surface area contributed by atoms with Crippen LogP contribution in [0.1, 0.15) is 41.0 Å². The summed E-state index contributed by atoms with van der Waals surface area (Å²) in [6.45, 7) is 3.37. The molecular weight excluding hydrogens is 412 g/mol. The van der Waals surface area contributed by atoms with Crippen LogP contribution in [0.4, 0.5) is 5.82 Å². The Bertz CT molecular complexity index is 1310. The van der Waals surface area contributed by atoms with Gasteiger partial charge in [-0.05, 0) is 26.0 Å². The average molecular weight is 434 g/mol. The summed E-state index contributed by atoms with van der Waals surface area (Å²) < 4.78 is 15.9. The molecule has 0 fully saturated rings. The van der Waals surface area contributed by atoms with Crippen molar-refractivity contribution >= 4 is 39.8 Å². The van der Waals surface area contributed by atoms with E-state index in [1.807, 2.05) is 36.4 Å². The van der Waals surface area contributed by atoms with Crippen molar-refractivity contribution in [1.82, 2.24) is 15.0 Å². The standard InChI is InChI=1S/C23H22N4O5/c1-3-30-23(29)19-13(2)32-22-20(19)21(24)26-17(27-22)12-31-18(28)11-10-15-9-8-14-6-4-5-7-16(14)25-15/h4-9H,3,10-12H2,1-2H3,(H2,24,26,27). The van der Waals surface area contributed by atoms with E-state index >= 15 is 0 Å². The molecule has 0 aliphatic carbocycles. The molecule has 0 spiro atoms. The molecular formula is C23H22N4O5. The van der Waals surface area contributed by atoms with Crippen LogP contribution >= 0.6 is 0 Å². The van der Waals surface area contributed by atoms with E-state index in [4.69, 9.17) is 19.6 Å². The van der Waals surface area contributed by atoms with Crippen LogP contribution in [0.5, 0.6) is 0 Å². The summed E-state index contributed by atoms with van der Waals surface area (Å²) in [4.78, 5) is 37.3. The van der Waals surface area contributed by atoms with E-state index in [9.17, 15) is 9.59 Å². The number of fused-ring (bicyclic) bond motifs is 2. The topological polar surface area (TPSA) is 130 Å². The highest BCUT2D eigenvalue weighted by molar-refractivity contribution is 6.07. The molecule has 4 aromatic rings. The molecule has 164 valence electrons. The molecule has 2 N–H and O–H groups in total. The van der Waals surface area contributed by atoms with Gasteiger partial charge in [0.2, 0.25) is 5.71 Å². The van der Waals surface area contributed by atoms with Crippen molar-refractivity contribution in [2.24, 2.45) is 0 Å². The molecule has 0 unspecified atom stereocenters. The number of para-hydroxylation sites is 1. The van der Waals surface area contributed by atoms with Crippen molar-refractivity contribution in [3.05, 3.63) is 59.2 Å². The number of nitrogen functional groups attached to an aromatic ring is 1. The first-order valence-electron chi connectivity index (χ1n) is 10.2. The van der Waals surface area contributed by atoms with Crippen LogP contribution in [-0.2, 0) is 27.3 Å². The quantitative estimate of drug-likeness (QED) is 0.434. The van der Waals surface area contributed by atoms with Gasteiger partial charge in [-0.15, -0.1) is 0 Å². The lowest BCUT2D eigenvalue weighted by Gasteiger charge is -2.06. The zero-order chi connectivity index (χ0) is 22.7. The summed E-state index contributed by atoms with van der Waals surface area (Å²) in [5.74, 6) is -0.403. The molecule has 0 atom stereocenters. The highest BCUT2D eigenvalue weighted by atomic mass is 16.5. The second-order valence-electron chi connectivity index (χ2n) is 7.11. The summed E-state index contributed by atoms with van der Waals surface area (Å²) in [5.41, 5.74) is 8.05. The lowest BCUT2D eigenvalue weighted by molar-refractivity contribution is -0.145. The SMILES string of the molecule is CCOC(=O)c1c(C)oc2nc(COC(=O)CCc3ccc4ccccc4n3)nc(N)c12. The predicted molar refractivity (Wildman–Crippen MR) is 117 cm³/mol. The first kappa shape index (κ1) is 21.2. The maximum Gasteiger partial charge on any atom is 0.342 e. The Balaban J connectivity index is 1.41. The van der Waals surface area contributed by atoms with Gasteiger partial charge in [-0.25, -0.2) is 9.78 Å². The van der Waals surface area contributed by atoms with E-state index in [2.05, 4.69) is 15.0 Å². The monoisotopic (exact) mass is 434 g/mol. The van der Waals surface area contributed by atoms with Crippen LogP contribution in [0, 0.1) is 6.92 Å². The molecule has 32 heavy (non-hydrogen) atoms. The fourth-order valence-corrected chi connectivity index (χ4v) is 3.39. The Morgan fingerprint density at radius 3 is 2.69 bits per heavy atom. The molecule has 0 amide bonds. The van der Waals surface area contributed by atoms with Gasteiger partial charge in [-0.1, -0.05) is 24.3 Å². The van der Waals surface area contributed by atoms with E-state index in [-0.39, 0.29) is 42.6 Å². The number of rotatable bonds is 7. The fourth-order valence-electron chi connectivity index (χ4n) is 3.39. The third-order valence-corrected chi connectivity index (χ3v) is 4.89. The van der Waals surface area contributed by atoms with Crippen LogP contribution in [0.2, 0.25) is 0 Å². The normalized spacial score (nSPS) is 11.1. The van der Waals surface area contributed by atoms with Crippen LogP contribution in [0.25, 0.3) is 22.0 Å². The number of nitrogens with zero attached hydrogens (tertiary/aromatic N) is 3. The third kappa shape index (κ3) is 4.36. The smallest absolute Gasteiger partial charge is 0.342 e. The minimum atomic E-state index is -0.555. The molecule has 1 aromatic carbocycles. The first-order chi connectivity index (χ1) is 15.5. The Morgan fingerprint density at radius 1 is 1.06 bits per heavy atom. The lowest BCUT2D eigenvalue weighted by atomic mass is 10.1. The minimum absolute atomic E-state index is 0.0568. The van der Waals surface area contributed by atoms with Gasteiger partial charge in [-0.3, -0.25) is 9.78 Å². The number of aryl methyl sites for hydroxylation is 2. The van der Waals surface area contributed by atoms with Gasteiger partial charge in [-0.2, -0.15) is 4.98 Å². The number of pyridine rings is 1. The van der Waals surface area contributed by atoms with Crippen LogP contribution in [0.15, 0.2) is 40.8 Å². The lowest BCUT2D eigenvalue weighted by Crippen LogP contribution is -2.10. The molecule has 0 saturated carbocycles. The van der Waals surface area contributed by atoms with Crippen molar-refractivity contribution in [3.8, 4) is 0 Å². The van der Waals surface area contributed by atoms with Crippen molar-refractivity contribution < 1.29 is 23.5 Å². The number of esters is 2. The largest absolute Gasteiger partial charge is 0.462 e. The van der Waals surface area contributed by atoms with Gasteiger partial charge in [0.15, 0.2) is 12.4 Å². The third-order valence-electron chi connectivity index (χ3n) is 4.89. The summed E-state index contributed by atoms with van der Waals surface area (Å²) >= 11 is 0. The maximum atomic E-state index is 12.2. The van der Waals surface area contributed by atoms with Gasteiger partial charge in [0.1, 0.15) is 17.1 Å². The van der Waals surface area contributed by atoms with E-state index in [0.29, 0.717) is 17.6 Å². The number of hydrogen-bond donors (Lipinski definition) is 1. The molecule has 0 bridgehead atoms. The highest BCUT2D eigenvalue weighted by Crippen LogP contribution is 2.29. The second-order valence-corrected chi connectivity index (χ2v) is 7.11. The van der Waals surface area contributed by atoms with E-state index in [0.717, 1.165) is 16.6 Å². The number of nitrogens with two attached hydrogens (primary N) is 1. The Hall–Kier alpha value is -4.01. The van der Waals surface area contributed by atoms with Crippen molar-refractivity contribution in [2.75, 3.05) is 12.3 Å². The molecule has 4 rings (SSSR count). The number of anilines is 1. The number of aromatic nitrogens is 3. The second kappa shape index (κ2) is 9.01.